The van der Waals surface area contributed by atoms with Gasteiger partial charge in [-0.15, -0.1) is 0 Å². The van der Waals surface area contributed by atoms with Gasteiger partial charge in [0.2, 0.25) is 0 Å². The number of urea groups is 1. The summed E-state index contributed by atoms with van der Waals surface area (Å²) in [4.78, 5) is 32.7. The van der Waals surface area contributed by atoms with Gasteiger partial charge in [0.05, 0.1) is 24.5 Å². The Labute approximate surface area is 181 Å². The minimum Gasteiger partial charge on any atom is -0.492 e. The van der Waals surface area contributed by atoms with Crippen molar-refractivity contribution in [3.05, 3.63) is 47.9 Å². The Balaban J connectivity index is 1.61. The highest BCUT2D eigenvalue weighted by molar-refractivity contribution is 5.91. The van der Waals surface area contributed by atoms with E-state index in [1.54, 1.807) is 30.9 Å². The molecular formula is C22H27FN4O4. The van der Waals surface area contributed by atoms with Crippen LogP contribution in [-0.2, 0) is 4.74 Å². The summed E-state index contributed by atoms with van der Waals surface area (Å²) in [6.07, 6.45) is 2.27. The molecule has 2 amide bonds. The van der Waals surface area contributed by atoms with Crippen LogP contribution in [0.15, 0.2) is 36.5 Å². The van der Waals surface area contributed by atoms with Gasteiger partial charge in [-0.2, -0.15) is 0 Å². The van der Waals surface area contributed by atoms with E-state index in [0.717, 1.165) is 18.8 Å². The molecule has 1 fully saturated rings. The fourth-order valence-electron chi connectivity index (χ4n) is 3.33. The van der Waals surface area contributed by atoms with Crippen molar-refractivity contribution in [2.75, 3.05) is 49.6 Å². The summed E-state index contributed by atoms with van der Waals surface area (Å²) in [5.74, 6) is 0.228. The van der Waals surface area contributed by atoms with Crippen LogP contribution in [0, 0.1) is 5.82 Å². The molecule has 0 atom stereocenters. The number of halogens is 1. The standard InChI is InChI=1S/C22H27FN4O4/c1-3-30-19-14-17(23)7-8-18(19)25-22(29)27-11-5-10-26(12-13-27)20-9-6-16(15-24-20)21(28)31-4-2/h6-9,14-15H,3-5,10-13H2,1-2H3,(H,25,29). The number of rotatable bonds is 6. The Morgan fingerprint density at radius 3 is 2.65 bits per heavy atom. The van der Waals surface area contributed by atoms with E-state index in [2.05, 4.69) is 15.2 Å². The largest absolute Gasteiger partial charge is 0.492 e. The highest BCUT2D eigenvalue weighted by Gasteiger charge is 2.21. The SMILES string of the molecule is CCOC(=O)c1ccc(N2CCCN(C(=O)Nc3ccc(F)cc3OCC)CC2)nc1. The zero-order valence-corrected chi connectivity index (χ0v) is 17.8. The molecule has 0 saturated carbocycles. The molecule has 2 heterocycles. The highest BCUT2D eigenvalue weighted by Crippen LogP contribution is 2.26. The van der Waals surface area contributed by atoms with Gasteiger partial charge in [-0.25, -0.2) is 19.0 Å². The van der Waals surface area contributed by atoms with Crippen LogP contribution in [0.2, 0.25) is 0 Å². The van der Waals surface area contributed by atoms with E-state index in [1.807, 2.05) is 0 Å². The van der Waals surface area contributed by atoms with E-state index in [4.69, 9.17) is 9.47 Å². The molecule has 2 aromatic rings. The highest BCUT2D eigenvalue weighted by atomic mass is 19.1. The van der Waals surface area contributed by atoms with Crippen LogP contribution in [-0.4, -0.2) is 61.3 Å². The lowest BCUT2D eigenvalue weighted by atomic mass is 10.2. The van der Waals surface area contributed by atoms with Crippen molar-refractivity contribution >= 4 is 23.5 Å². The molecule has 9 heteroatoms. The molecule has 166 valence electrons. The first kappa shape index (κ1) is 22.3. The fraction of sp³-hybridized carbons (Fsp3) is 0.409. The number of hydrogen-bond acceptors (Lipinski definition) is 6. The van der Waals surface area contributed by atoms with Gasteiger partial charge in [-0.1, -0.05) is 0 Å². The van der Waals surface area contributed by atoms with Gasteiger partial charge in [0.25, 0.3) is 0 Å². The molecule has 0 radical (unpaired) electrons. The van der Waals surface area contributed by atoms with E-state index in [0.29, 0.717) is 49.8 Å². The molecule has 3 rings (SSSR count). The lowest BCUT2D eigenvalue weighted by molar-refractivity contribution is 0.0526. The summed E-state index contributed by atoms with van der Waals surface area (Å²) in [6.45, 7) is 6.64. The second-order valence-corrected chi connectivity index (χ2v) is 6.96. The molecule has 31 heavy (non-hydrogen) atoms. The normalized spacial score (nSPS) is 14.0. The van der Waals surface area contributed by atoms with E-state index >= 15 is 0 Å². The number of nitrogens with zero attached hydrogens (tertiary/aromatic N) is 3. The van der Waals surface area contributed by atoms with E-state index in [9.17, 15) is 14.0 Å². The molecule has 1 saturated heterocycles. The topological polar surface area (TPSA) is 84.0 Å². The number of aromatic nitrogens is 1. The fourth-order valence-corrected chi connectivity index (χ4v) is 3.33. The maximum Gasteiger partial charge on any atom is 0.339 e. The summed E-state index contributed by atoms with van der Waals surface area (Å²) in [7, 11) is 0. The molecule has 8 nitrogen and oxygen atoms in total. The van der Waals surface area contributed by atoms with E-state index in [-0.39, 0.29) is 6.03 Å². The Kier molecular flexibility index (Phi) is 7.64. The minimum atomic E-state index is -0.423. The predicted molar refractivity (Wildman–Crippen MR) is 115 cm³/mol. The molecule has 0 aliphatic carbocycles. The van der Waals surface area contributed by atoms with Gasteiger partial charge in [0.1, 0.15) is 17.4 Å². The molecule has 1 N–H and O–H groups in total. The van der Waals surface area contributed by atoms with Gasteiger partial charge in [0.15, 0.2) is 0 Å². The number of anilines is 2. The van der Waals surface area contributed by atoms with Crippen LogP contribution in [0.4, 0.5) is 20.7 Å². The predicted octanol–water partition coefficient (Wildman–Crippen LogP) is 3.54. The quantitative estimate of drug-likeness (QED) is 0.706. The summed E-state index contributed by atoms with van der Waals surface area (Å²) in [5, 5.41) is 2.82. The molecule has 1 aromatic heterocycles. The number of amides is 2. The summed E-state index contributed by atoms with van der Waals surface area (Å²) in [5.41, 5.74) is 0.844. The lowest BCUT2D eigenvalue weighted by Crippen LogP contribution is -2.38. The Morgan fingerprint density at radius 2 is 1.94 bits per heavy atom. The second kappa shape index (κ2) is 10.6. The molecule has 1 aromatic carbocycles. The van der Waals surface area contributed by atoms with Gasteiger partial charge >= 0.3 is 12.0 Å². The van der Waals surface area contributed by atoms with Crippen molar-refractivity contribution in [3.8, 4) is 5.75 Å². The second-order valence-electron chi connectivity index (χ2n) is 6.96. The zero-order valence-electron chi connectivity index (χ0n) is 17.8. The number of pyridine rings is 1. The summed E-state index contributed by atoms with van der Waals surface area (Å²) in [6, 6.07) is 7.26. The number of hydrogen-bond donors (Lipinski definition) is 1. The van der Waals surface area contributed by atoms with E-state index in [1.165, 1.54) is 24.4 Å². The lowest BCUT2D eigenvalue weighted by Gasteiger charge is -2.23. The van der Waals surface area contributed by atoms with Gasteiger partial charge in [0, 0.05) is 38.4 Å². The van der Waals surface area contributed by atoms with Crippen molar-refractivity contribution in [1.29, 1.82) is 0 Å². The average Bonchev–Trinajstić information content (AvgIpc) is 3.02. The molecular weight excluding hydrogens is 403 g/mol. The maximum absolute atomic E-state index is 13.5. The smallest absolute Gasteiger partial charge is 0.339 e. The maximum atomic E-state index is 13.5. The van der Waals surface area contributed by atoms with Crippen molar-refractivity contribution in [3.63, 3.8) is 0 Å². The molecule has 0 unspecified atom stereocenters. The number of nitrogens with one attached hydrogen (secondary N) is 1. The monoisotopic (exact) mass is 430 g/mol. The summed E-state index contributed by atoms with van der Waals surface area (Å²) < 4.78 is 23.9. The number of ether oxygens (including phenoxy) is 2. The number of carbonyl (C=O) groups is 2. The van der Waals surface area contributed by atoms with Crippen molar-refractivity contribution in [2.45, 2.75) is 20.3 Å². The van der Waals surface area contributed by atoms with Gasteiger partial charge in [-0.05, 0) is 44.5 Å². The average molecular weight is 430 g/mol. The van der Waals surface area contributed by atoms with Gasteiger partial charge < -0.3 is 24.6 Å². The Morgan fingerprint density at radius 1 is 1.10 bits per heavy atom. The van der Waals surface area contributed by atoms with Crippen LogP contribution in [0.3, 0.4) is 0 Å². The van der Waals surface area contributed by atoms with Crippen molar-refractivity contribution in [2.24, 2.45) is 0 Å². The first-order valence-electron chi connectivity index (χ1n) is 10.4. The molecule has 1 aliphatic rings. The van der Waals surface area contributed by atoms with Crippen LogP contribution >= 0.6 is 0 Å². The Bertz CT molecular complexity index is 907. The third kappa shape index (κ3) is 5.84. The molecule has 0 spiro atoms. The van der Waals surface area contributed by atoms with Crippen molar-refractivity contribution in [1.82, 2.24) is 9.88 Å². The van der Waals surface area contributed by atoms with Crippen molar-refractivity contribution < 1.29 is 23.5 Å². The summed E-state index contributed by atoms with van der Waals surface area (Å²) >= 11 is 0. The minimum absolute atomic E-state index is 0.264. The van der Waals surface area contributed by atoms with Crippen LogP contribution in [0.1, 0.15) is 30.6 Å². The number of benzene rings is 1. The third-order valence-electron chi connectivity index (χ3n) is 4.85. The van der Waals surface area contributed by atoms with E-state index < -0.39 is 11.8 Å². The Hall–Kier alpha value is -3.36. The molecule has 0 bridgehead atoms. The first-order chi connectivity index (χ1) is 15.0. The van der Waals surface area contributed by atoms with Crippen LogP contribution in [0.25, 0.3) is 0 Å². The third-order valence-corrected chi connectivity index (χ3v) is 4.85. The van der Waals surface area contributed by atoms with Gasteiger partial charge in [-0.3, -0.25) is 0 Å². The number of esters is 1. The number of carbonyl (C=O) groups excluding carboxylic acids is 2. The van der Waals surface area contributed by atoms with Crippen LogP contribution < -0.4 is 15.0 Å². The first-order valence-corrected chi connectivity index (χ1v) is 10.4. The van der Waals surface area contributed by atoms with Crippen LogP contribution in [0.5, 0.6) is 5.75 Å². The zero-order chi connectivity index (χ0) is 22.2. The molecule has 1 aliphatic heterocycles.